The van der Waals surface area contributed by atoms with Crippen molar-refractivity contribution in [1.29, 1.82) is 0 Å². The molecule has 1 fully saturated rings. The lowest BCUT2D eigenvalue weighted by molar-refractivity contribution is -0.142. The molecule has 0 bridgehead atoms. The molecule has 1 aliphatic heterocycles. The number of carbonyl (C=O) groups excluding carboxylic acids is 1. The molecule has 1 aromatic rings. The Morgan fingerprint density at radius 3 is 2.72 bits per heavy atom. The van der Waals surface area contributed by atoms with Crippen LogP contribution >= 0.6 is 0 Å². The Kier molecular flexibility index (Phi) is 4.38. The number of nitrogens with zero attached hydrogens (tertiary/aromatic N) is 2. The lowest BCUT2D eigenvalue weighted by Gasteiger charge is -2.35. The van der Waals surface area contributed by atoms with E-state index in [1.165, 1.54) is 0 Å². The first-order valence-corrected chi connectivity index (χ1v) is 6.27. The van der Waals surface area contributed by atoms with Crippen LogP contribution in [0.3, 0.4) is 0 Å². The highest BCUT2D eigenvalue weighted by Gasteiger charge is 2.24. The molecule has 18 heavy (non-hydrogen) atoms. The summed E-state index contributed by atoms with van der Waals surface area (Å²) in [4.78, 5) is 16.1. The largest absolute Gasteiger partial charge is 0.468 e. The molecule has 2 heterocycles. The summed E-state index contributed by atoms with van der Waals surface area (Å²) in [6, 6.07) is 3.87. The Labute approximate surface area is 107 Å². The second kappa shape index (κ2) is 6.02. The predicted molar refractivity (Wildman–Crippen MR) is 67.0 cm³/mol. The van der Waals surface area contributed by atoms with Crippen molar-refractivity contribution in [2.45, 2.75) is 19.6 Å². The Balaban J connectivity index is 1.79. The molecular weight excluding hydrogens is 232 g/mol. The van der Waals surface area contributed by atoms with Crippen molar-refractivity contribution in [3.8, 4) is 0 Å². The predicted octanol–water partition coefficient (Wildman–Crippen LogP) is 0.959. The van der Waals surface area contributed by atoms with E-state index in [1.807, 2.05) is 17.0 Å². The maximum atomic E-state index is 11.9. The summed E-state index contributed by atoms with van der Waals surface area (Å²) in [5.74, 6) is 1.05. The minimum atomic E-state index is -0.346. The Morgan fingerprint density at radius 1 is 1.44 bits per heavy atom. The lowest BCUT2D eigenvalue weighted by Crippen LogP contribution is -2.50. The quantitative estimate of drug-likeness (QED) is 0.800. The average Bonchev–Trinajstić information content (AvgIpc) is 2.91. The number of rotatable bonds is 4. The Morgan fingerprint density at radius 2 is 2.17 bits per heavy atom. The number of hydrogen-bond acceptors (Lipinski definition) is 4. The monoisotopic (exact) mass is 252 g/mol. The van der Waals surface area contributed by atoms with Crippen LogP contribution in [0.15, 0.2) is 22.8 Å². The van der Waals surface area contributed by atoms with E-state index in [1.54, 1.807) is 20.3 Å². The van der Waals surface area contributed by atoms with Crippen LogP contribution in [0.5, 0.6) is 0 Å². The molecule has 1 atom stereocenters. The first-order chi connectivity index (χ1) is 8.70. The Bertz CT molecular complexity index is 370. The van der Waals surface area contributed by atoms with Gasteiger partial charge in [0.2, 0.25) is 0 Å². The van der Waals surface area contributed by atoms with E-state index in [4.69, 9.17) is 9.15 Å². The van der Waals surface area contributed by atoms with Crippen molar-refractivity contribution in [3.63, 3.8) is 0 Å². The van der Waals surface area contributed by atoms with Crippen molar-refractivity contribution in [3.05, 3.63) is 24.2 Å². The molecule has 0 aliphatic carbocycles. The molecule has 0 radical (unpaired) electrons. The van der Waals surface area contributed by atoms with E-state index in [9.17, 15) is 4.79 Å². The molecule has 1 aromatic heterocycles. The van der Waals surface area contributed by atoms with E-state index in [-0.39, 0.29) is 12.0 Å². The van der Waals surface area contributed by atoms with Crippen molar-refractivity contribution in [1.82, 2.24) is 9.80 Å². The van der Waals surface area contributed by atoms with Crippen molar-refractivity contribution in [2.24, 2.45) is 0 Å². The second-order valence-electron chi connectivity index (χ2n) is 4.56. The van der Waals surface area contributed by atoms with Crippen LogP contribution in [0.4, 0.5) is 0 Å². The fourth-order valence-corrected chi connectivity index (χ4v) is 2.11. The molecule has 0 spiro atoms. The SMILES string of the molecule is COC(C)C(=O)N1CCN(Cc2ccco2)CC1. The fraction of sp³-hybridized carbons (Fsp3) is 0.615. The van der Waals surface area contributed by atoms with Crippen LogP contribution in [-0.4, -0.2) is 55.1 Å². The zero-order valence-electron chi connectivity index (χ0n) is 11.0. The van der Waals surface area contributed by atoms with Gasteiger partial charge >= 0.3 is 0 Å². The van der Waals surface area contributed by atoms with Crippen LogP contribution in [0.25, 0.3) is 0 Å². The third kappa shape index (κ3) is 3.11. The van der Waals surface area contributed by atoms with Crippen LogP contribution < -0.4 is 0 Å². The van der Waals surface area contributed by atoms with Gasteiger partial charge in [0.05, 0.1) is 12.8 Å². The summed E-state index contributed by atoms with van der Waals surface area (Å²) >= 11 is 0. The minimum absolute atomic E-state index is 0.0788. The molecule has 0 aromatic carbocycles. The number of furan rings is 1. The van der Waals surface area contributed by atoms with Gasteiger partial charge in [-0.2, -0.15) is 0 Å². The number of amides is 1. The van der Waals surface area contributed by atoms with E-state index < -0.39 is 0 Å². The van der Waals surface area contributed by atoms with Gasteiger partial charge in [-0.15, -0.1) is 0 Å². The maximum absolute atomic E-state index is 11.9. The van der Waals surface area contributed by atoms with Gasteiger partial charge in [-0.05, 0) is 19.1 Å². The fourth-order valence-electron chi connectivity index (χ4n) is 2.11. The number of hydrogen-bond donors (Lipinski definition) is 0. The maximum Gasteiger partial charge on any atom is 0.251 e. The van der Waals surface area contributed by atoms with Gasteiger partial charge in [-0.1, -0.05) is 0 Å². The number of carbonyl (C=O) groups is 1. The highest BCUT2D eigenvalue weighted by atomic mass is 16.5. The van der Waals surface area contributed by atoms with E-state index in [2.05, 4.69) is 4.90 Å². The van der Waals surface area contributed by atoms with Gasteiger partial charge in [0, 0.05) is 33.3 Å². The second-order valence-corrected chi connectivity index (χ2v) is 4.56. The number of piperazine rings is 1. The topological polar surface area (TPSA) is 45.9 Å². The minimum Gasteiger partial charge on any atom is -0.468 e. The summed E-state index contributed by atoms with van der Waals surface area (Å²) < 4.78 is 10.4. The molecule has 1 amide bonds. The molecule has 1 aliphatic rings. The highest BCUT2D eigenvalue weighted by Crippen LogP contribution is 2.10. The van der Waals surface area contributed by atoms with Gasteiger partial charge in [-0.25, -0.2) is 0 Å². The summed E-state index contributed by atoms with van der Waals surface area (Å²) in [5.41, 5.74) is 0. The third-order valence-electron chi connectivity index (χ3n) is 3.34. The number of ether oxygens (including phenoxy) is 1. The standard InChI is InChI=1S/C13H20N2O3/c1-11(17-2)13(16)15-7-5-14(6-8-15)10-12-4-3-9-18-12/h3-4,9,11H,5-8,10H2,1-2H3. The molecule has 0 saturated carbocycles. The van der Waals surface area contributed by atoms with E-state index in [0.29, 0.717) is 0 Å². The van der Waals surface area contributed by atoms with Gasteiger partial charge < -0.3 is 14.1 Å². The van der Waals surface area contributed by atoms with Crippen molar-refractivity contribution >= 4 is 5.91 Å². The van der Waals surface area contributed by atoms with E-state index in [0.717, 1.165) is 38.5 Å². The van der Waals surface area contributed by atoms with Gasteiger partial charge in [-0.3, -0.25) is 9.69 Å². The van der Waals surface area contributed by atoms with Gasteiger partial charge in [0.15, 0.2) is 0 Å². The first kappa shape index (κ1) is 13.1. The smallest absolute Gasteiger partial charge is 0.251 e. The molecule has 5 nitrogen and oxygen atoms in total. The molecule has 100 valence electrons. The lowest BCUT2D eigenvalue weighted by atomic mass is 10.2. The Hall–Kier alpha value is -1.33. The molecule has 1 saturated heterocycles. The normalized spacial score (nSPS) is 18.9. The number of methoxy groups -OCH3 is 1. The van der Waals surface area contributed by atoms with E-state index >= 15 is 0 Å². The zero-order valence-corrected chi connectivity index (χ0v) is 11.0. The highest BCUT2D eigenvalue weighted by molar-refractivity contribution is 5.80. The summed E-state index contributed by atoms with van der Waals surface area (Å²) in [6.07, 6.45) is 1.34. The summed E-state index contributed by atoms with van der Waals surface area (Å²) in [7, 11) is 1.57. The average molecular weight is 252 g/mol. The molecule has 2 rings (SSSR count). The molecule has 5 heteroatoms. The summed E-state index contributed by atoms with van der Waals surface area (Å²) in [5, 5.41) is 0. The van der Waals surface area contributed by atoms with Crippen LogP contribution in [0.2, 0.25) is 0 Å². The van der Waals surface area contributed by atoms with Crippen LogP contribution in [-0.2, 0) is 16.1 Å². The van der Waals surface area contributed by atoms with Gasteiger partial charge in [0.1, 0.15) is 11.9 Å². The molecular formula is C13H20N2O3. The van der Waals surface area contributed by atoms with Gasteiger partial charge in [0.25, 0.3) is 5.91 Å². The van der Waals surface area contributed by atoms with Crippen LogP contribution in [0, 0.1) is 0 Å². The van der Waals surface area contributed by atoms with Crippen molar-refractivity contribution < 1.29 is 13.9 Å². The first-order valence-electron chi connectivity index (χ1n) is 6.27. The zero-order chi connectivity index (χ0) is 13.0. The third-order valence-corrected chi connectivity index (χ3v) is 3.34. The van der Waals surface area contributed by atoms with Crippen molar-refractivity contribution in [2.75, 3.05) is 33.3 Å². The van der Waals surface area contributed by atoms with Crippen LogP contribution in [0.1, 0.15) is 12.7 Å². The molecule has 0 N–H and O–H groups in total. The summed E-state index contributed by atoms with van der Waals surface area (Å²) in [6.45, 7) is 5.87. The molecule has 1 unspecified atom stereocenters.